The summed E-state index contributed by atoms with van der Waals surface area (Å²) in [7, 11) is 0. The van der Waals surface area contributed by atoms with Gasteiger partial charge >= 0.3 is 5.97 Å². The van der Waals surface area contributed by atoms with Crippen LogP contribution in [-0.2, 0) is 9.59 Å². The lowest BCUT2D eigenvalue weighted by molar-refractivity contribution is -0.384. The van der Waals surface area contributed by atoms with Crippen molar-refractivity contribution >= 4 is 23.5 Å². The number of benzene rings is 1. The number of nitrogens with zero attached hydrogens (tertiary/aromatic N) is 1. The molecular formula is C17H23N3O6. The summed E-state index contributed by atoms with van der Waals surface area (Å²) in [5.41, 5.74) is -1.23. The maximum absolute atomic E-state index is 12.2. The summed E-state index contributed by atoms with van der Waals surface area (Å²) in [6.45, 7) is 4.87. The van der Waals surface area contributed by atoms with Crippen LogP contribution >= 0.6 is 0 Å². The predicted molar refractivity (Wildman–Crippen MR) is 93.7 cm³/mol. The van der Waals surface area contributed by atoms with E-state index in [0.29, 0.717) is 12.8 Å². The minimum Gasteiger partial charge on any atom is -0.481 e. The summed E-state index contributed by atoms with van der Waals surface area (Å²) in [5.74, 6) is -2.15. The van der Waals surface area contributed by atoms with E-state index in [1.807, 2.05) is 0 Å². The lowest BCUT2D eigenvalue weighted by Gasteiger charge is -2.27. The highest BCUT2D eigenvalue weighted by atomic mass is 16.6. The van der Waals surface area contributed by atoms with Crippen molar-refractivity contribution in [1.29, 1.82) is 0 Å². The third kappa shape index (κ3) is 5.01. The van der Waals surface area contributed by atoms with Crippen LogP contribution in [0.4, 0.5) is 5.69 Å². The Balaban J connectivity index is 2.72. The molecule has 0 aliphatic heterocycles. The number of carbonyl (C=O) groups is 3. The summed E-state index contributed by atoms with van der Waals surface area (Å²) < 4.78 is 0. The number of carbonyl (C=O) groups excluding carboxylic acids is 2. The second kappa shape index (κ2) is 8.93. The number of nitro benzene ring substituents is 1. The van der Waals surface area contributed by atoms with Crippen LogP contribution in [0.15, 0.2) is 24.3 Å². The molecule has 0 aliphatic carbocycles. The van der Waals surface area contributed by atoms with Crippen molar-refractivity contribution in [3.63, 3.8) is 0 Å². The highest BCUT2D eigenvalue weighted by Gasteiger charge is 2.35. The van der Waals surface area contributed by atoms with Crippen LogP contribution in [0.1, 0.15) is 44.0 Å². The first-order valence-electron chi connectivity index (χ1n) is 8.23. The van der Waals surface area contributed by atoms with Crippen molar-refractivity contribution in [1.82, 2.24) is 10.6 Å². The number of carboxylic acids is 1. The molecule has 0 aromatic heterocycles. The first-order valence-corrected chi connectivity index (χ1v) is 8.23. The van der Waals surface area contributed by atoms with Gasteiger partial charge < -0.3 is 15.7 Å². The number of hydrogen-bond acceptors (Lipinski definition) is 5. The van der Waals surface area contributed by atoms with Crippen LogP contribution in [0.3, 0.4) is 0 Å². The van der Waals surface area contributed by atoms with Crippen LogP contribution in [-0.4, -0.2) is 40.4 Å². The molecule has 0 saturated carbocycles. The lowest BCUT2D eigenvalue weighted by atomic mass is 9.82. The second-order valence-corrected chi connectivity index (χ2v) is 6.01. The molecule has 2 amide bonds. The Morgan fingerprint density at radius 3 is 2.38 bits per heavy atom. The average Bonchev–Trinajstić information content (AvgIpc) is 2.62. The molecule has 1 aromatic carbocycles. The second-order valence-electron chi connectivity index (χ2n) is 6.01. The topological polar surface area (TPSA) is 139 Å². The molecule has 9 nitrogen and oxygen atoms in total. The van der Waals surface area contributed by atoms with Gasteiger partial charge in [-0.15, -0.1) is 0 Å². The third-order valence-electron chi connectivity index (χ3n) is 4.47. The van der Waals surface area contributed by atoms with Gasteiger partial charge in [0.1, 0.15) is 6.04 Å². The van der Waals surface area contributed by atoms with Crippen molar-refractivity contribution in [2.45, 2.75) is 39.7 Å². The van der Waals surface area contributed by atoms with Gasteiger partial charge in [0, 0.05) is 24.2 Å². The van der Waals surface area contributed by atoms with Crippen molar-refractivity contribution in [2.75, 3.05) is 6.54 Å². The molecule has 0 aliphatic rings. The van der Waals surface area contributed by atoms with Gasteiger partial charge in [-0.1, -0.05) is 19.9 Å². The smallest absolute Gasteiger partial charge is 0.311 e. The van der Waals surface area contributed by atoms with Gasteiger partial charge in [-0.25, -0.2) is 0 Å². The van der Waals surface area contributed by atoms with Gasteiger partial charge in [0.25, 0.3) is 11.6 Å². The number of nitrogens with one attached hydrogen (secondary N) is 2. The van der Waals surface area contributed by atoms with E-state index < -0.39 is 34.2 Å². The Labute approximate surface area is 150 Å². The highest BCUT2D eigenvalue weighted by molar-refractivity contribution is 5.97. The van der Waals surface area contributed by atoms with Gasteiger partial charge in [-0.05, 0) is 25.8 Å². The molecule has 0 bridgehead atoms. The van der Waals surface area contributed by atoms with Crippen LogP contribution in [0.5, 0.6) is 0 Å². The van der Waals surface area contributed by atoms with E-state index in [1.54, 1.807) is 13.8 Å². The summed E-state index contributed by atoms with van der Waals surface area (Å²) in [6, 6.07) is 4.22. The van der Waals surface area contributed by atoms with E-state index in [-0.39, 0.29) is 17.8 Å². The van der Waals surface area contributed by atoms with Gasteiger partial charge in [0.05, 0.1) is 10.3 Å². The summed E-state index contributed by atoms with van der Waals surface area (Å²) in [4.78, 5) is 45.9. The first kappa shape index (κ1) is 21.1. The monoisotopic (exact) mass is 365 g/mol. The van der Waals surface area contributed by atoms with Crippen LogP contribution in [0, 0.1) is 15.5 Å². The molecule has 142 valence electrons. The van der Waals surface area contributed by atoms with E-state index in [2.05, 4.69) is 10.6 Å². The zero-order chi connectivity index (χ0) is 19.9. The fourth-order valence-electron chi connectivity index (χ4n) is 2.39. The van der Waals surface area contributed by atoms with Crippen molar-refractivity contribution in [3.8, 4) is 0 Å². The van der Waals surface area contributed by atoms with E-state index in [4.69, 9.17) is 0 Å². The molecule has 0 spiro atoms. The third-order valence-corrected chi connectivity index (χ3v) is 4.47. The Kier molecular flexibility index (Phi) is 7.24. The van der Waals surface area contributed by atoms with Crippen LogP contribution in [0.2, 0.25) is 0 Å². The molecule has 26 heavy (non-hydrogen) atoms. The minimum atomic E-state index is -1.06. The number of carboxylic acid groups (broad SMARTS) is 1. The molecule has 1 atom stereocenters. The SMILES string of the molecule is CCC(CC)(CNC(=O)C(C)NC(=O)c1cccc([N+](=O)[O-])c1)C(=O)O. The quantitative estimate of drug-likeness (QED) is 0.450. The zero-order valence-corrected chi connectivity index (χ0v) is 14.9. The van der Waals surface area contributed by atoms with E-state index >= 15 is 0 Å². The largest absolute Gasteiger partial charge is 0.481 e. The van der Waals surface area contributed by atoms with Crippen molar-refractivity contribution in [2.24, 2.45) is 5.41 Å². The normalized spacial score (nSPS) is 12.1. The number of hydrogen-bond donors (Lipinski definition) is 3. The molecule has 1 aromatic rings. The molecule has 0 fully saturated rings. The number of aliphatic carboxylic acids is 1. The van der Waals surface area contributed by atoms with E-state index in [0.717, 1.165) is 6.07 Å². The van der Waals surface area contributed by atoms with Crippen LogP contribution < -0.4 is 10.6 Å². The van der Waals surface area contributed by atoms with Gasteiger partial charge in [0.15, 0.2) is 0 Å². The summed E-state index contributed by atoms with van der Waals surface area (Å²) >= 11 is 0. The summed E-state index contributed by atoms with van der Waals surface area (Å²) in [5, 5.41) is 25.1. The standard InChI is InChI=1S/C17H23N3O6/c1-4-17(5-2,16(23)24)10-18-14(21)11(3)19-15(22)12-7-6-8-13(9-12)20(25)26/h6-9,11H,4-5,10H2,1-3H3,(H,18,21)(H,19,22)(H,23,24). The molecule has 1 rings (SSSR count). The number of non-ortho nitro benzene ring substituents is 1. The fourth-order valence-corrected chi connectivity index (χ4v) is 2.39. The average molecular weight is 365 g/mol. The van der Waals surface area contributed by atoms with E-state index in [1.165, 1.54) is 25.1 Å². The molecule has 0 heterocycles. The lowest BCUT2D eigenvalue weighted by Crippen LogP contribution is -2.49. The van der Waals surface area contributed by atoms with Gasteiger partial charge in [-0.3, -0.25) is 24.5 Å². The van der Waals surface area contributed by atoms with Crippen molar-refractivity contribution in [3.05, 3.63) is 39.9 Å². The Morgan fingerprint density at radius 2 is 1.88 bits per heavy atom. The Morgan fingerprint density at radius 1 is 1.27 bits per heavy atom. The maximum Gasteiger partial charge on any atom is 0.311 e. The zero-order valence-electron chi connectivity index (χ0n) is 14.9. The predicted octanol–water partition coefficient (Wildman–Crippen LogP) is 1.72. The Hall–Kier alpha value is -2.97. The Bertz CT molecular complexity index is 699. The number of nitro groups is 1. The van der Waals surface area contributed by atoms with Gasteiger partial charge in [0.2, 0.25) is 5.91 Å². The van der Waals surface area contributed by atoms with Gasteiger partial charge in [-0.2, -0.15) is 0 Å². The molecule has 0 radical (unpaired) electrons. The summed E-state index contributed by atoms with van der Waals surface area (Å²) in [6.07, 6.45) is 0.709. The number of amides is 2. The molecule has 0 saturated heterocycles. The first-order chi connectivity index (χ1) is 12.2. The maximum atomic E-state index is 12.2. The molecule has 9 heteroatoms. The molecule has 1 unspecified atom stereocenters. The highest BCUT2D eigenvalue weighted by Crippen LogP contribution is 2.25. The fraction of sp³-hybridized carbons (Fsp3) is 0.471. The van der Waals surface area contributed by atoms with E-state index in [9.17, 15) is 29.6 Å². The molecule has 3 N–H and O–H groups in total. The van der Waals surface area contributed by atoms with Crippen LogP contribution in [0.25, 0.3) is 0 Å². The van der Waals surface area contributed by atoms with Crippen molar-refractivity contribution < 1.29 is 24.4 Å². The number of rotatable bonds is 9. The molecular weight excluding hydrogens is 342 g/mol. The minimum absolute atomic E-state index is 0.0504.